The van der Waals surface area contributed by atoms with Crippen LogP contribution in [0.15, 0.2) is 48.5 Å². The number of hydrogen-bond acceptors (Lipinski definition) is 3. The van der Waals surface area contributed by atoms with Gasteiger partial charge in [-0.25, -0.2) is 0 Å². The molecule has 1 heterocycles. The van der Waals surface area contributed by atoms with Crippen molar-refractivity contribution in [1.29, 1.82) is 0 Å². The van der Waals surface area contributed by atoms with Crippen molar-refractivity contribution in [3.63, 3.8) is 0 Å². The van der Waals surface area contributed by atoms with Crippen molar-refractivity contribution in [3.8, 4) is 5.75 Å². The van der Waals surface area contributed by atoms with Crippen LogP contribution in [0.5, 0.6) is 5.75 Å². The van der Waals surface area contributed by atoms with Crippen LogP contribution in [0.1, 0.15) is 15.9 Å². The molecule has 1 unspecified atom stereocenters. The standard InChI is InChI=1S/C17H17NO3/c1-12-5-7-13(8-6-12)17(19)18-14-3-2-4-15(9-14)20-10-16-11-21-16/h2-9,16H,10-11H2,1H3,(H,18,19). The van der Waals surface area contributed by atoms with Crippen molar-refractivity contribution in [2.45, 2.75) is 13.0 Å². The summed E-state index contributed by atoms with van der Waals surface area (Å²) in [4.78, 5) is 12.1. The molecule has 3 rings (SSSR count). The number of ether oxygens (including phenoxy) is 2. The zero-order valence-electron chi connectivity index (χ0n) is 11.8. The van der Waals surface area contributed by atoms with Crippen molar-refractivity contribution in [2.75, 3.05) is 18.5 Å². The molecule has 2 aromatic rings. The highest BCUT2D eigenvalue weighted by Gasteiger charge is 2.23. The average Bonchev–Trinajstić information content (AvgIpc) is 3.30. The number of anilines is 1. The molecule has 2 aromatic carbocycles. The van der Waals surface area contributed by atoms with Crippen molar-refractivity contribution < 1.29 is 14.3 Å². The van der Waals surface area contributed by atoms with Crippen LogP contribution in [0.4, 0.5) is 5.69 Å². The third kappa shape index (κ3) is 3.83. The fraction of sp³-hybridized carbons (Fsp3) is 0.235. The van der Waals surface area contributed by atoms with E-state index in [0.29, 0.717) is 12.2 Å². The molecule has 108 valence electrons. The Labute approximate surface area is 123 Å². The highest BCUT2D eigenvalue weighted by Crippen LogP contribution is 2.20. The largest absolute Gasteiger partial charge is 0.491 e. The minimum absolute atomic E-state index is 0.127. The summed E-state index contributed by atoms with van der Waals surface area (Å²) in [7, 11) is 0. The molecular formula is C17H17NO3. The van der Waals surface area contributed by atoms with Gasteiger partial charge in [-0.3, -0.25) is 4.79 Å². The second-order valence-electron chi connectivity index (χ2n) is 5.11. The first-order chi connectivity index (χ1) is 10.2. The van der Waals surface area contributed by atoms with E-state index in [4.69, 9.17) is 9.47 Å². The van der Waals surface area contributed by atoms with Gasteiger partial charge in [0.2, 0.25) is 0 Å². The molecule has 1 aliphatic heterocycles. The Hall–Kier alpha value is -2.33. The number of benzene rings is 2. The molecule has 4 nitrogen and oxygen atoms in total. The van der Waals surface area contributed by atoms with Gasteiger partial charge in [-0.2, -0.15) is 0 Å². The van der Waals surface area contributed by atoms with Crippen LogP contribution in [-0.4, -0.2) is 25.2 Å². The molecule has 4 heteroatoms. The van der Waals surface area contributed by atoms with E-state index in [1.165, 1.54) is 0 Å². The number of hydrogen-bond donors (Lipinski definition) is 1. The molecule has 1 fully saturated rings. The third-order valence-electron chi connectivity index (χ3n) is 3.24. The summed E-state index contributed by atoms with van der Waals surface area (Å²) in [5.41, 5.74) is 2.48. The van der Waals surface area contributed by atoms with E-state index in [9.17, 15) is 4.79 Å². The summed E-state index contributed by atoms with van der Waals surface area (Å²) in [5.74, 6) is 0.602. The normalized spacial score (nSPS) is 16.3. The second kappa shape index (κ2) is 5.97. The van der Waals surface area contributed by atoms with Crippen LogP contribution in [0.2, 0.25) is 0 Å². The molecule has 0 saturated carbocycles. The van der Waals surface area contributed by atoms with E-state index in [0.717, 1.165) is 23.6 Å². The number of carbonyl (C=O) groups is 1. The molecule has 1 N–H and O–H groups in total. The Balaban J connectivity index is 1.64. The van der Waals surface area contributed by atoms with Crippen LogP contribution in [-0.2, 0) is 4.74 Å². The Kier molecular flexibility index (Phi) is 3.88. The van der Waals surface area contributed by atoms with Crippen LogP contribution >= 0.6 is 0 Å². The predicted molar refractivity (Wildman–Crippen MR) is 80.8 cm³/mol. The number of epoxide rings is 1. The van der Waals surface area contributed by atoms with E-state index in [1.807, 2.05) is 55.5 Å². The molecule has 0 spiro atoms. The monoisotopic (exact) mass is 283 g/mol. The quantitative estimate of drug-likeness (QED) is 0.858. The SMILES string of the molecule is Cc1ccc(C(=O)Nc2cccc(OCC3CO3)c2)cc1. The summed E-state index contributed by atoms with van der Waals surface area (Å²) in [5, 5.41) is 2.87. The summed E-state index contributed by atoms with van der Waals surface area (Å²) in [6.45, 7) is 3.31. The van der Waals surface area contributed by atoms with Crippen molar-refractivity contribution in [3.05, 3.63) is 59.7 Å². The molecular weight excluding hydrogens is 266 g/mol. The second-order valence-corrected chi connectivity index (χ2v) is 5.11. The Morgan fingerprint density at radius 1 is 1.29 bits per heavy atom. The van der Waals surface area contributed by atoms with E-state index in [-0.39, 0.29) is 12.0 Å². The van der Waals surface area contributed by atoms with Crippen LogP contribution < -0.4 is 10.1 Å². The first-order valence-corrected chi connectivity index (χ1v) is 6.93. The number of aryl methyl sites for hydroxylation is 1. The molecule has 1 aliphatic rings. The summed E-state index contributed by atoms with van der Waals surface area (Å²) < 4.78 is 10.7. The van der Waals surface area contributed by atoms with E-state index < -0.39 is 0 Å². The lowest BCUT2D eigenvalue weighted by atomic mass is 10.1. The summed E-state index contributed by atoms with van der Waals surface area (Å²) in [6.07, 6.45) is 0.218. The van der Waals surface area contributed by atoms with E-state index in [2.05, 4.69) is 5.32 Å². The van der Waals surface area contributed by atoms with Crippen LogP contribution in [0.3, 0.4) is 0 Å². The molecule has 1 saturated heterocycles. The Bertz CT molecular complexity index is 633. The number of carbonyl (C=O) groups excluding carboxylic acids is 1. The highest BCUT2D eigenvalue weighted by atomic mass is 16.6. The topological polar surface area (TPSA) is 50.9 Å². The maximum Gasteiger partial charge on any atom is 0.255 e. The number of amides is 1. The zero-order valence-corrected chi connectivity index (χ0v) is 11.8. The minimum Gasteiger partial charge on any atom is -0.491 e. The number of nitrogens with one attached hydrogen (secondary N) is 1. The van der Waals surface area contributed by atoms with Crippen LogP contribution in [0.25, 0.3) is 0 Å². The van der Waals surface area contributed by atoms with E-state index in [1.54, 1.807) is 0 Å². The summed E-state index contributed by atoms with van der Waals surface area (Å²) >= 11 is 0. The van der Waals surface area contributed by atoms with Gasteiger partial charge in [-0.15, -0.1) is 0 Å². The minimum atomic E-state index is -0.127. The molecule has 1 amide bonds. The maximum absolute atomic E-state index is 12.1. The molecule has 0 bridgehead atoms. The molecule has 1 atom stereocenters. The van der Waals surface area contributed by atoms with Crippen molar-refractivity contribution in [2.24, 2.45) is 0 Å². The molecule has 0 radical (unpaired) electrons. The Morgan fingerprint density at radius 2 is 2.05 bits per heavy atom. The van der Waals surface area contributed by atoms with Gasteiger partial charge >= 0.3 is 0 Å². The maximum atomic E-state index is 12.1. The van der Waals surface area contributed by atoms with Crippen LogP contribution in [0, 0.1) is 6.92 Å². The van der Waals surface area contributed by atoms with E-state index >= 15 is 0 Å². The fourth-order valence-electron chi connectivity index (χ4n) is 1.93. The first-order valence-electron chi connectivity index (χ1n) is 6.93. The van der Waals surface area contributed by atoms with Gasteiger partial charge in [0.1, 0.15) is 18.5 Å². The fourth-order valence-corrected chi connectivity index (χ4v) is 1.93. The zero-order chi connectivity index (χ0) is 14.7. The van der Waals surface area contributed by atoms with Crippen molar-refractivity contribution >= 4 is 11.6 Å². The van der Waals surface area contributed by atoms with Gasteiger partial charge in [-0.1, -0.05) is 23.8 Å². The smallest absolute Gasteiger partial charge is 0.255 e. The first kappa shape index (κ1) is 13.6. The predicted octanol–water partition coefficient (Wildman–Crippen LogP) is 3.02. The number of rotatable bonds is 5. The van der Waals surface area contributed by atoms with Gasteiger partial charge in [0.25, 0.3) is 5.91 Å². The Morgan fingerprint density at radius 3 is 2.76 bits per heavy atom. The van der Waals surface area contributed by atoms with Gasteiger partial charge in [0, 0.05) is 17.3 Å². The lowest BCUT2D eigenvalue weighted by Crippen LogP contribution is -2.12. The van der Waals surface area contributed by atoms with Gasteiger partial charge in [0.15, 0.2) is 0 Å². The highest BCUT2D eigenvalue weighted by molar-refractivity contribution is 6.04. The van der Waals surface area contributed by atoms with Crippen molar-refractivity contribution in [1.82, 2.24) is 0 Å². The molecule has 0 aromatic heterocycles. The summed E-state index contributed by atoms with van der Waals surface area (Å²) in [6, 6.07) is 14.8. The lowest BCUT2D eigenvalue weighted by molar-refractivity contribution is 0.102. The lowest BCUT2D eigenvalue weighted by Gasteiger charge is -2.08. The van der Waals surface area contributed by atoms with Gasteiger partial charge in [-0.05, 0) is 31.2 Å². The average molecular weight is 283 g/mol. The van der Waals surface area contributed by atoms with Gasteiger partial charge in [0.05, 0.1) is 6.61 Å². The third-order valence-corrected chi connectivity index (χ3v) is 3.24. The molecule has 21 heavy (non-hydrogen) atoms. The van der Waals surface area contributed by atoms with Gasteiger partial charge < -0.3 is 14.8 Å². The molecule has 0 aliphatic carbocycles.